The molecule has 0 bridgehead atoms. The van der Waals surface area contributed by atoms with Gasteiger partial charge in [0.1, 0.15) is 15.1 Å². The minimum atomic E-state index is -1.41. The van der Waals surface area contributed by atoms with Crippen LogP contribution in [0.25, 0.3) is 0 Å². The summed E-state index contributed by atoms with van der Waals surface area (Å²) in [7, 11) is -1.99. The topological polar surface area (TPSA) is 0 Å². The molecule has 0 saturated carbocycles. The van der Waals surface area contributed by atoms with Gasteiger partial charge in [-0.1, -0.05) is 92.1 Å². The summed E-state index contributed by atoms with van der Waals surface area (Å²) < 4.78 is 0. The third-order valence-electron chi connectivity index (χ3n) is 6.53. The Bertz CT molecular complexity index is 1150. The standard InChI is InChI=1S/C30H36B2P2/c31-33(26-16-7-2-8-17-26)23-13-22-29(33)24-30(25-14-5-1-6-15-25)34(32,27-18-9-3-10-19-27)28-20-11-4-12-21-28/h1-12,14-21,29-30H,13,22-24H2,31-32H3. The van der Waals surface area contributed by atoms with E-state index < -0.39 is 14.3 Å². The third kappa shape index (κ3) is 4.44. The van der Waals surface area contributed by atoms with Crippen LogP contribution in [0.4, 0.5) is 0 Å². The third-order valence-corrected chi connectivity index (χ3v) is 12.5. The van der Waals surface area contributed by atoms with Crippen LogP contribution in [0.15, 0.2) is 121 Å². The molecule has 3 atom stereocenters. The van der Waals surface area contributed by atoms with Crippen molar-refractivity contribution in [3.05, 3.63) is 127 Å². The molecule has 3 unspecified atom stereocenters. The van der Waals surface area contributed by atoms with Crippen molar-refractivity contribution in [3.63, 3.8) is 0 Å². The fourth-order valence-electron chi connectivity index (χ4n) is 5.05. The normalized spacial score (nSPS) is 21.3. The Labute approximate surface area is 208 Å². The van der Waals surface area contributed by atoms with E-state index in [1.165, 1.54) is 25.4 Å². The molecule has 0 aliphatic carbocycles. The van der Waals surface area contributed by atoms with Crippen molar-refractivity contribution in [2.45, 2.75) is 30.6 Å². The van der Waals surface area contributed by atoms with E-state index in [-0.39, 0.29) is 15.1 Å². The maximum Gasteiger partial charge on any atom is 0.139 e. The van der Waals surface area contributed by atoms with Crippen LogP contribution in [0, 0.1) is 0 Å². The lowest BCUT2D eigenvalue weighted by Gasteiger charge is -2.42. The fourth-order valence-corrected chi connectivity index (χ4v) is 11.2. The molecule has 1 aliphatic rings. The zero-order valence-corrected chi connectivity index (χ0v) is 20.2. The molecule has 34 heavy (non-hydrogen) atoms. The van der Waals surface area contributed by atoms with E-state index in [0.29, 0.717) is 5.66 Å². The first-order valence-electron chi connectivity index (χ1n) is 11.7. The van der Waals surface area contributed by atoms with Crippen LogP contribution in [0.1, 0.15) is 30.5 Å². The molecule has 0 amide bonds. The molecule has 172 valence electrons. The van der Waals surface area contributed by atoms with Crippen LogP contribution < -0.4 is 15.9 Å². The van der Waals surface area contributed by atoms with E-state index in [9.17, 15) is 0 Å². The first-order chi connectivity index (χ1) is 16.6. The molecule has 1 saturated heterocycles. The Morgan fingerprint density at radius 2 is 1.18 bits per heavy atom. The average molecular weight is 480 g/mol. The highest BCUT2D eigenvalue weighted by molar-refractivity contribution is 8.08. The van der Waals surface area contributed by atoms with Crippen molar-refractivity contribution in [3.8, 4) is 0 Å². The van der Waals surface area contributed by atoms with Gasteiger partial charge in [-0.3, -0.25) is 0 Å². The van der Waals surface area contributed by atoms with E-state index in [1.807, 2.05) is 0 Å². The Morgan fingerprint density at radius 1 is 0.706 bits per heavy atom. The molecule has 0 aromatic heterocycles. The number of hydrogen-bond acceptors (Lipinski definition) is 0. The maximum atomic E-state index is 2.49. The lowest BCUT2D eigenvalue weighted by molar-refractivity contribution is 0.698. The molecule has 5 rings (SSSR count). The summed E-state index contributed by atoms with van der Waals surface area (Å²) in [6, 6.07) is 46.8. The first-order valence-corrected chi connectivity index (χ1v) is 14.7. The highest BCUT2D eigenvalue weighted by Crippen LogP contribution is 2.71. The lowest BCUT2D eigenvalue weighted by atomic mass is 10.1. The largest absolute Gasteiger partial charge is 0.139 e. The van der Waals surface area contributed by atoms with E-state index in [1.54, 1.807) is 21.5 Å². The van der Waals surface area contributed by atoms with Gasteiger partial charge in [-0.15, -0.1) is 7.14 Å². The van der Waals surface area contributed by atoms with Gasteiger partial charge < -0.3 is 0 Å². The lowest BCUT2D eigenvalue weighted by Crippen LogP contribution is -2.30. The van der Waals surface area contributed by atoms with Gasteiger partial charge in [-0.25, -0.2) is 0 Å². The summed E-state index contributed by atoms with van der Waals surface area (Å²) in [6.45, 7) is 0. The highest BCUT2D eigenvalue weighted by Gasteiger charge is 2.47. The van der Waals surface area contributed by atoms with Crippen LogP contribution in [-0.2, 0) is 0 Å². The van der Waals surface area contributed by atoms with Gasteiger partial charge in [0.25, 0.3) is 0 Å². The van der Waals surface area contributed by atoms with Crippen LogP contribution in [0.5, 0.6) is 0 Å². The summed E-state index contributed by atoms with van der Waals surface area (Å²) in [5.74, 6) is 0. The smallest absolute Gasteiger partial charge is 0.122 e. The van der Waals surface area contributed by atoms with Gasteiger partial charge in [0.2, 0.25) is 0 Å². The van der Waals surface area contributed by atoms with Crippen LogP contribution in [0.3, 0.4) is 0 Å². The summed E-state index contributed by atoms with van der Waals surface area (Å²) in [6.07, 6.45) is 5.84. The van der Waals surface area contributed by atoms with Gasteiger partial charge in [-0.05, 0) is 54.8 Å². The summed E-state index contributed by atoms with van der Waals surface area (Å²) in [5, 5.41) is 5.07. The van der Waals surface area contributed by atoms with Crippen molar-refractivity contribution in [1.29, 1.82) is 0 Å². The quantitative estimate of drug-likeness (QED) is 0.262. The van der Waals surface area contributed by atoms with Crippen LogP contribution in [0.2, 0.25) is 0 Å². The molecular weight excluding hydrogens is 444 g/mol. The van der Waals surface area contributed by atoms with Gasteiger partial charge in [0.15, 0.2) is 0 Å². The molecule has 1 fully saturated rings. The number of hydrogen-bond donors (Lipinski definition) is 0. The minimum Gasteiger partial charge on any atom is -0.122 e. The van der Waals surface area contributed by atoms with E-state index in [0.717, 1.165) is 5.66 Å². The molecule has 0 spiro atoms. The number of rotatable bonds is 7. The van der Waals surface area contributed by atoms with E-state index >= 15 is 0 Å². The second-order valence-corrected chi connectivity index (χ2v) is 13.6. The van der Waals surface area contributed by atoms with Gasteiger partial charge in [0, 0.05) is 23.5 Å². The van der Waals surface area contributed by atoms with Crippen LogP contribution in [-0.4, -0.2) is 27.0 Å². The fraction of sp³-hybridized carbons (Fsp3) is 0.200. The second-order valence-electron chi connectivity index (χ2n) is 8.53. The molecule has 1 heterocycles. The molecule has 4 aromatic carbocycles. The Hall–Kier alpha value is -2.13. The van der Waals surface area contributed by atoms with Gasteiger partial charge in [0.05, 0.1) is 16.3 Å². The Morgan fingerprint density at radius 3 is 1.71 bits per heavy atom. The Kier molecular flexibility index (Phi) is 7.11. The van der Waals surface area contributed by atoms with Crippen molar-refractivity contribution >= 4 is 45.3 Å². The van der Waals surface area contributed by atoms with E-state index in [4.69, 9.17) is 0 Å². The number of benzene rings is 4. The molecule has 4 aromatic rings. The van der Waals surface area contributed by atoms with Crippen LogP contribution >= 0.6 is 14.3 Å². The first kappa shape index (κ1) is 23.6. The molecule has 0 radical (unpaired) electrons. The SMILES string of the molecule is [BH3-][P+]1(c2ccccc2)CCCC1CC(c1ccccc1)[P+]([BH3-])(c1ccccc1)c1ccccc1. The minimum absolute atomic E-state index is 0.0472. The summed E-state index contributed by atoms with van der Waals surface area (Å²) in [4.78, 5) is 0. The van der Waals surface area contributed by atoms with Crippen molar-refractivity contribution in [1.82, 2.24) is 0 Å². The van der Waals surface area contributed by atoms with Gasteiger partial charge >= 0.3 is 0 Å². The molecule has 1 aliphatic heterocycles. The van der Waals surface area contributed by atoms with Crippen molar-refractivity contribution in [2.24, 2.45) is 0 Å². The zero-order valence-electron chi connectivity index (χ0n) is 18.4. The van der Waals surface area contributed by atoms with E-state index in [2.05, 4.69) is 121 Å². The summed E-state index contributed by atoms with van der Waals surface area (Å²) >= 11 is 0. The average Bonchev–Trinajstić information content (AvgIpc) is 3.30. The van der Waals surface area contributed by atoms with Crippen molar-refractivity contribution in [2.75, 3.05) is 6.16 Å². The molecule has 4 heteroatoms. The second kappa shape index (κ2) is 10.2. The highest BCUT2D eigenvalue weighted by atomic mass is 31.2. The summed E-state index contributed by atoms with van der Waals surface area (Å²) in [5.41, 5.74) is 3.21. The predicted molar refractivity (Wildman–Crippen MR) is 164 cm³/mol. The Balaban J connectivity index is 1.64. The molecule has 0 N–H and O–H groups in total. The monoisotopic (exact) mass is 480 g/mol. The maximum absolute atomic E-state index is 2.49. The predicted octanol–water partition coefficient (Wildman–Crippen LogP) is 4.85. The molecule has 0 nitrogen and oxygen atoms in total. The van der Waals surface area contributed by atoms with Crippen molar-refractivity contribution < 1.29 is 0 Å². The van der Waals surface area contributed by atoms with Gasteiger partial charge in [-0.2, -0.15) is 0 Å². The molecular formula is C30H36B2P2. The zero-order chi connectivity index (χ0) is 23.4.